The summed E-state index contributed by atoms with van der Waals surface area (Å²) in [5, 5.41) is 35.2. The molecule has 0 aliphatic heterocycles. The summed E-state index contributed by atoms with van der Waals surface area (Å²) < 4.78 is 0. The molecule has 2 fully saturated rings. The number of carbonyl (C=O) groups is 7. The van der Waals surface area contributed by atoms with Crippen LogP contribution >= 0.6 is 0 Å². The van der Waals surface area contributed by atoms with Crippen molar-refractivity contribution < 1.29 is 48.9 Å². The number of nitrogens with one attached hydrogen (secondary N) is 1. The fourth-order valence-electron chi connectivity index (χ4n) is 7.71. The van der Waals surface area contributed by atoms with Gasteiger partial charge in [-0.2, -0.15) is 0 Å². The Morgan fingerprint density at radius 3 is 2.29 bits per heavy atom. The highest BCUT2D eigenvalue weighted by atomic mass is 16.4. The first-order valence-electron chi connectivity index (χ1n) is 15.6. The topological polar surface area (TPSA) is 225 Å². The number of Topliss-reactive ketones (excluding diaryl/α,β-unsaturated/α-hetero) is 4. The minimum atomic E-state index is -2.86. The highest BCUT2D eigenvalue weighted by Crippen LogP contribution is 2.51. The zero-order chi connectivity index (χ0) is 35.2. The number of amides is 2. The quantitative estimate of drug-likeness (QED) is 0.170. The number of rotatable bonds is 10. The van der Waals surface area contributed by atoms with E-state index in [1.165, 1.54) is 31.1 Å². The van der Waals surface area contributed by atoms with Crippen LogP contribution in [0, 0.1) is 23.7 Å². The predicted octanol–water partition coefficient (Wildman–Crippen LogP) is 0.171. The smallest absolute Gasteiger partial charge is 0.305 e. The summed E-state index contributed by atoms with van der Waals surface area (Å²) in [7, 11) is 3.01. The molecule has 2 aromatic rings. The lowest BCUT2D eigenvalue weighted by molar-refractivity contribution is -0.181. The molecule has 0 spiro atoms. The lowest BCUT2D eigenvalue weighted by atomic mass is 9.52. The molecule has 48 heavy (non-hydrogen) atoms. The third kappa shape index (κ3) is 5.69. The van der Waals surface area contributed by atoms with Gasteiger partial charge in [-0.15, -0.1) is 0 Å². The number of ketones is 4. The van der Waals surface area contributed by atoms with Gasteiger partial charge >= 0.3 is 5.97 Å². The lowest BCUT2D eigenvalue weighted by Crippen LogP contribution is -2.74. The van der Waals surface area contributed by atoms with Crippen LogP contribution in [0.2, 0.25) is 0 Å². The molecule has 2 aromatic carbocycles. The Hall–Kier alpha value is -4.79. The summed E-state index contributed by atoms with van der Waals surface area (Å²) >= 11 is 0. The number of nitrogens with two attached hydrogens (primary N) is 1. The molecule has 3 aliphatic carbocycles. The van der Waals surface area contributed by atoms with Gasteiger partial charge in [0, 0.05) is 12.5 Å². The number of phenols is 1. The Bertz CT molecular complexity index is 1710. The van der Waals surface area contributed by atoms with Crippen molar-refractivity contribution in [3.8, 4) is 5.75 Å². The van der Waals surface area contributed by atoms with Gasteiger partial charge in [-0.3, -0.25) is 43.4 Å². The van der Waals surface area contributed by atoms with Crippen LogP contribution in [0.25, 0.3) is 0 Å². The van der Waals surface area contributed by atoms with Crippen LogP contribution in [0.4, 0.5) is 5.69 Å². The van der Waals surface area contributed by atoms with Crippen molar-refractivity contribution >= 4 is 46.6 Å². The normalized spacial score (nSPS) is 27.2. The van der Waals surface area contributed by atoms with Gasteiger partial charge < -0.3 is 26.4 Å². The number of hydrogen-bond donors (Lipinski definition) is 5. The van der Waals surface area contributed by atoms with Crippen molar-refractivity contribution in [1.29, 1.82) is 0 Å². The highest BCUT2D eigenvalue weighted by Gasteiger charge is 2.69. The molecule has 254 valence electrons. The number of aromatic hydroxyl groups is 1. The number of nitrogens with zero attached hydrogens (tertiary/aromatic N) is 2. The molecule has 3 aliphatic rings. The van der Waals surface area contributed by atoms with Crippen LogP contribution < -0.4 is 11.1 Å². The molecular formula is C34H38N4O10. The Balaban J connectivity index is 1.47. The van der Waals surface area contributed by atoms with Crippen LogP contribution in [0.15, 0.2) is 42.5 Å². The van der Waals surface area contributed by atoms with Crippen molar-refractivity contribution in [2.45, 2.75) is 50.4 Å². The number of hydrogen-bond acceptors (Lipinski definition) is 11. The van der Waals surface area contributed by atoms with E-state index in [1.54, 1.807) is 11.8 Å². The van der Waals surface area contributed by atoms with E-state index in [9.17, 15) is 48.9 Å². The van der Waals surface area contributed by atoms with Crippen LogP contribution in [-0.2, 0) is 41.7 Å². The number of aliphatic hydroxyl groups is 1. The second-order valence-electron chi connectivity index (χ2n) is 12.9. The maximum atomic E-state index is 14.0. The number of primary amides is 1. The van der Waals surface area contributed by atoms with Gasteiger partial charge in [0.05, 0.1) is 29.6 Å². The summed E-state index contributed by atoms with van der Waals surface area (Å²) in [5.74, 6) is -13.9. The first-order chi connectivity index (χ1) is 22.6. The van der Waals surface area contributed by atoms with E-state index in [1.807, 2.05) is 30.3 Å². The van der Waals surface area contributed by atoms with Crippen molar-refractivity contribution in [3.05, 3.63) is 59.2 Å². The first kappa shape index (κ1) is 34.5. The average Bonchev–Trinajstić information content (AvgIpc) is 3.02. The molecule has 0 heterocycles. The molecule has 6 N–H and O–H groups in total. The molecule has 0 aromatic heterocycles. The molecule has 5 rings (SSSR count). The van der Waals surface area contributed by atoms with Gasteiger partial charge in [-0.05, 0) is 56.6 Å². The maximum absolute atomic E-state index is 14.0. The number of carboxylic acid groups (broad SMARTS) is 1. The van der Waals surface area contributed by atoms with E-state index < -0.39 is 94.4 Å². The fraction of sp³-hybridized carbons (Fsp3) is 0.441. The number of carboxylic acids is 1. The molecule has 14 nitrogen and oxygen atoms in total. The highest BCUT2D eigenvalue weighted by molar-refractivity contribution is 6.32. The Morgan fingerprint density at radius 1 is 1.04 bits per heavy atom. The van der Waals surface area contributed by atoms with Crippen LogP contribution in [0.3, 0.4) is 0 Å². The Morgan fingerprint density at radius 2 is 1.71 bits per heavy atom. The van der Waals surface area contributed by atoms with Crippen LogP contribution in [-0.4, -0.2) is 104 Å². The average molecular weight is 663 g/mol. The van der Waals surface area contributed by atoms with Crippen LogP contribution in [0.5, 0.6) is 5.75 Å². The third-order valence-corrected chi connectivity index (χ3v) is 9.94. The molecule has 7 atom stereocenters. The van der Waals surface area contributed by atoms with Gasteiger partial charge in [0.25, 0.3) is 0 Å². The predicted molar refractivity (Wildman–Crippen MR) is 169 cm³/mol. The molecule has 0 radical (unpaired) electrons. The van der Waals surface area contributed by atoms with Crippen molar-refractivity contribution in [2.75, 3.05) is 26.0 Å². The fourth-order valence-corrected chi connectivity index (χ4v) is 7.71. The van der Waals surface area contributed by atoms with E-state index >= 15 is 0 Å². The van der Waals surface area contributed by atoms with Gasteiger partial charge in [0.15, 0.2) is 34.7 Å². The zero-order valence-corrected chi connectivity index (χ0v) is 26.7. The van der Waals surface area contributed by atoms with E-state index in [4.69, 9.17) is 5.73 Å². The molecule has 2 saturated carbocycles. The summed E-state index contributed by atoms with van der Waals surface area (Å²) in [6, 6.07) is 9.65. The zero-order valence-electron chi connectivity index (χ0n) is 26.7. The molecule has 14 heteroatoms. The number of benzene rings is 2. The van der Waals surface area contributed by atoms with Gasteiger partial charge in [-0.1, -0.05) is 43.3 Å². The minimum Gasteiger partial charge on any atom is -0.505 e. The Kier molecular flexibility index (Phi) is 9.37. The van der Waals surface area contributed by atoms with Crippen LogP contribution in [0.1, 0.15) is 41.3 Å². The van der Waals surface area contributed by atoms with E-state index in [0.717, 1.165) is 5.56 Å². The number of phenolic OH excluding ortho intramolecular Hbond substituents is 1. The van der Waals surface area contributed by atoms with E-state index in [2.05, 4.69) is 5.32 Å². The summed E-state index contributed by atoms with van der Waals surface area (Å²) in [6.45, 7) is 2.36. The number of likely N-dealkylation sites (N-methyl/N-ethyl adjacent to an activating group) is 2. The standard InChI is InChI=1S/C34H38N4O10/c1-4-38(15-16-8-6-5-7-9-16)21(14-22(39)40)33(47)36-20-11-10-17-12-18-13-19-26(37(2)3)29(43)25(32(35)46)31(45)34(19,48)30(44)24(18)28(42)23(17)27(20)41/h5-11,18-19,21,24-26,41,48H,4,12-15H2,1-3H3,(H2,35,46)(H,36,47)(H,39,40)/t18?,19?,21?,24?,25?,26-,34-/m0/s1. The lowest BCUT2D eigenvalue weighted by Gasteiger charge is -2.52. The monoisotopic (exact) mass is 662 g/mol. The van der Waals surface area contributed by atoms with Crippen molar-refractivity contribution in [2.24, 2.45) is 29.4 Å². The summed E-state index contributed by atoms with van der Waals surface area (Å²) in [5.41, 5.74) is 3.21. The largest absolute Gasteiger partial charge is 0.505 e. The van der Waals surface area contributed by atoms with Gasteiger partial charge in [0.1, 0.15) is 11.8 Å². The second-order valence-corrected chi connectivity index (χ2v) is 12.9. The maximum Gasteiger partial charge on any atom is 0.305 e. The summed E-state index contributed by atoms with van der Waals surface area (Å²) in [4.78, 5) is 95.3. The molecule has 2 amide bonds. The number of aliphatic carboxylic acids is 1. The molecule has 0 bridgehead atoms. The minimum absolute atomic E-state index is 0.0654. The SMILES string of the molecule is CCN(Cc1ccccc1)C(CC(=O)O)C(=O)Nc1ccc2c(c1O)C(=O)C1C(=O)[C@]3(O)C(=O)C(C(N)=O)C(=O)[C@@H](N(C)C)C3CC1C2. The summed E-state index contributed by atoms with van der Waals surface area (Å²) in [6.07, 6.45) is -0.573. The van der Waals surface area contributed by atoms with E-state index in [-0.39, 0.29) is 30.6 Å². The molecule has 0 saturated heterocycles. The first-order valence-corrected chi connectivity index (χ1v) is 15.6. The molecular weight excluding hydrogens is 624 g/mol. The molecule has 5 unspecified atom stereocenters. The number of fused-ring (bicyclic) bond motifs is 3. The third-order valence-electron chi connectivity index (χ3n) is 9.94. The van der Waals surface area contributed by atoms with E-state index in [0.29, 0.717) is 12.1 Å². The van der Waals surface area contributed by atoms with Crippen molar-refractivity contribution in [1.82, 2.24) is 9.80 Å². The number of anilines is 1. The van der Waals surface area contributed by atoms with Crippen molar-refractivity contribution in [3.63, 3.8) is 0 Å². The van der Waals surface area contributed by atoms with Gasteiger partial charge in [-0.25, -0.2) is 0 Å². The number of carbonyl (C=O) groups excluding carboxylic acids is 6. The van der Waals surface area contributed by atoms with Gasteiger partial charge in [0.2, 0.25) is 11.8 Å². The Labute approximate surface area is 275 Å². The second kappa shape index (κ2) is 13.0.